The number of nitro groups is 1. The molecule has 0 aliphatic carbocycles. The predicted molar refractivity (Wildman–Crippen MR) is 97.0 cm³/mol. The maximum Gasteiger partial charge on any atom is 0.269 e. The molecule has 0 spiro atoms. The van der Waals surface area contributed by atoms with Gasteiger partial charge in [0.05, 0.1) is 4.92 Å². The smallest absolute Gasteiger partial charge is 0.269 e. The van der Waals surface area contributed by atoms with Gasteiger partial charge >= 0.3 is 0 Å². The lowest BCUT2D eigenvalue weighted by molar-refractivity contribution is -0.384. The number of hydrazone groups is 1. The van der Waals surface area contributed by atoms with Crippen LogP contribution >= 0.6 is 11.8 Å². The predicted octanol–water partition coefficient (Wildman–Crippen LogP) is 4.44. The van der Waals surface area contributed by atoms with Gasteiger partial charge in [-0.3, -0.25) is 15.5 Å². The summed E-state index contributed by atoms with van der Waals surface area (Å²) < 4.78 is 0. The number of rotatable bonds is 3. The molecule has 1 aliphatic rings. The molecule has 3 aromatic rings. The zero-order chi connectivity index (χ0) is 16.5. The lowest BCUT2D eigenvalue weighted by Crippen LogP contribution is -2.06. The Kier molecular flexibility index (Phi) is 3.66. The Morgan fingerprint density at radius 2 is 1.75 bits per heavy atom. The summed E-state index contributed by atoms with van der Waals surface area (Å²) >= 11 is 1.61. The first kappa shape index (κ1) is 14.7. The van der Waals surface area contributed by atoms with Crippen LogP contribution < -0.4 is 5.43 Å². The molecule has 0 fully saturated rings. The van der Waals surface area contributed by atoms with Crippen molar-refractivity contribution in [1.29, 1.82) is 0 Å². The van der Waals surface area contributed by atoms with Crippen molar-refractivity contribution in [3.05, 3.63) is 88.0 Å². The highest BCUT2D eigenvalue weighted by Gasteiger charge is 2.23. The van der Waals surface area contributed by atoms with Crippen LogP contribution in [0.5, 0.6) is 0 Å². The number of nitrogens with one attached hydrogen (secondary N) is 1. The number of nitrogens with zero attached hydrogens (tertiary/aromatic N) is 2. The average Bonchev–Trinajstić information content (AvgIpc) is 3.11. The molecule has 1 heterocycles. The fourth-order valence-corrected chi connectivity index (χ4v) is 3.76. The van der Waals surface area contributed by atoms with Crippen molar-refractivity contribution >= 4 is 33.3 Å². The Balaban J connectivity index is 1.60. The van der Waals surface area contributed by atoms with Crippen LogP contribution in [0.15, 0.2) is 71.8 Å². The number of non-ortho nitro benzene ring substituents is 1. The molecule has 0 saturated heterocycles. The molecule has 5 nitrogen and oxygen atoms in total. The molecule has 1 aliphatic heterocycles. The van der Waals surface area contributed by atoms with Crippen LogP contribution in [-0.2, 0) is 0 Å². The minimum Gasteiger partial charge on any atom is -0.291 e. The normalized spacial score (nSPS) is 16.7. The molecule has 118 valence electrons. The Hall–Kier alpha value is -2.86. The first-order valence-corrected chi connectivity index (χ1v) is 8.33. The van der Waals surface area contributed by atoms with Gasteiger partial charge in [0.25, 0.3) is 5.69 Å². The number of hydrogen-bond acceptors (Lipinski definition) is 5. The maximum atomic E-state index is 10.8. The Labute approximate surface area is 142 Å². The van der Waals surface area contributed by atoms with E-state index in [1.807, 2.05) is 18.2 Å². The summed E-state index contributed by atoms with van der Waals surface area (Å²) in [5, 5.41) is 18.5. The molecule has 1 N–H and O–H groups in total. The zero-order valence-electron chi connectivity index (χ0n) is 12.5. The Morgan fingerprint density at radius 1 is 1.00 bits per heavy atom. The maximum absolute atomic E-state index is 10.8. The van der Waals surface area contributed by atoms with Gasteiger partial charge in [-0.1, -0.05) is 54.2 Å². The molecule has 6 heteroatoms. The molecule has 0 bridgehead atoms. The van der Waals surface area contributed by atoms with Crippen LogP contribution in [0.2, 0.25) is 0 Å². The lowest BCUT2D eigenvalue weighted by Gasteiger charge is -2.09. The molecule has 0 aromatic heterocycles. The molecule has 3 aromatic carbocycles. The van der Waals surface area contributed by atoms with E-state index in [2.05, 4.69) is 34.8 Å². The first-order valence-electron chi connectivity index (χ1n) is 7.45. The number of hydrogen-bond donors (Lipinski definition) is 1. The highest BCUT2D eigenvalue weighted by Crippen LogP contribution is 2.36. The van der Waals surface area contributed by atoms with Crippen LogP contribution in [0.3, 0.4) is 0 Å². The van der Waals surface area contributed by atoms with E-state index < -0.39 is 4.92 Å². The summed E-state index contributed by atoms with van der Waals surface area (Å²) in [6, 6.07) is 21.0. The SMILES string of the molecule is O=[N+]([O-])c1ccc([C@H]2NN=C(c3cccc4ccccc34)S2)cc1. The number of nitro benzene ring substituents is 1. The highest BCUT2D eigenvalue weighted by molar-refractivity contribution is 8.14. The van der Waals surface area contributed by atoms with Crippen molar-refractivity contribution in [1.82, 2.24) is 5.43 Å². The second-order valence-electron chi connectivity index (χ2n) is 5.42. The van der Waals surface area contributed by atoms with Crippen molar-refractivity contribution in [3.8, 4) is 0 Å². The fraction of sp³-hybridized carbons (Fsp3) is 0.0556. The summed E-state index contributed by atoms with van der Waals surface area (Å²) in [4.78, 5) is 10.4. The van der Waals surface area contributed by atoms with Gasteiger partial charge in [0.15, 0.2) is 0 Å². The van der Waals surface area contributed by atoms with Gasteiger partial charge < -0.3 is 0 Å². The van der Waals surface area contributed by atoms with Gasteiger partial charge in [-0.15, -0.1) is 0 Å². The molecular weight excluding hydrogens is 322 g/mol. The Morgan fingerprint density at radius 3 is 2.54 bits per heavy atom. The van der Waals surface area contributed by atoms with E-state index >= 15 is 0 Å². The monoisotopic (exact) mass is 335 g/mol. The van der Waals surface area contributed by atoms with Crippen LogP contribution in [0.25, 0.3) is 10.8 Å². The summed E-state index contributed by atoms with van der Waals surface area (Å²) in [6.07, 6.45) is 0. The van der Waals surface area contributed by atoms with E-state index in [0.29, 0.717) is 0 Å². The van der Waals surface area contributed by atoms with Gasteiger partial charge in [0.1, 0.15) is 10.4 Å². The van der Waals surface area contributed by atoms with E-state index in [4.69, 9.17) is 0 Å². The van der Waals surface area contributed by atoms with Gasteiger partial charge in [-0.05, 0) is 28.5 Å². The van der Waals surface area contributed by atoms with Gasteiger partial charge in [0, 0.05) is 17.7 Å². The topological polar surface area (TPSA) is 67.5 Å². The number of fused-ring (bicyclic) bond motifs is 1. The quantitative estimate of drug-likeness (QED) is 0.567. The summed E-state index contributed by atoms with van der Waals surface area (Å²) in [5.74, 6) is 0. The minimum absolute atomic E-state index is 0.0419. The third-order valence-electron chi connectivity index (χ3n) is 3.94. The molecule has 1 atom stereocenters. The molecule has 4 rings (SSSR count). The van der Waals surface area contributed by atoms with Crippen molar-refractivity contribution in [3.63, 3.8) is 0 Å². The van der Waals surface area contributed by atoms with Crippen molar-refractivity contribution in [2.24, 2.45) is 5.10 Å². The minimum atomic E-state index is -0.392. The molecular formula is C18H13N3O2S. The fourth-order valence-electron chi connectivity index (χ4n) is 2.73. The third-order valence-corrected chi connectivity index (χ3v) is 5.09. The molecule has 0 amide bonds. The lowest BCUT2D eigenvalue weighted by atomic mass is 10.1. The highest BCUT2D eigenvalue weighted by atomic mass is 32.2. The molecule has 24 heavy (non-hydrogen) atoms. The van der Waals surface area contributed by atoms with Gasteiger partial charge in [-0.2, -0.15) is 5.10 Å². The number of thioether (sulfide) groups is 1. The first-order chi connectivity index (χ1) is 11.7. The van der Waals surface area contributed by atoms with Crippen LogP contribution in [0, 0.1) is 10.1 Å². The van der Waals surface area contributed by atoms with Gasteiger partial charge in [-0.25, -0.2) is 0 Å². The summed E-state index contributed by atoms with van der Waals surface area (Å²) in [6.45, 7) is 0. The third kappa shape index (κ3) is 2.61. The molecule has 0 radical (unpaired) electrons. The van der Waals surface area contributed by atoms with E-state index in [1.54, 1.807) is 23.9 Å². The zero-order valence-corrected chi connectivity index (χ0v) is 13.4. The second-order valence-corrected chi connectivity index (χ2v) is 6.51. The van der Waals surface area contributed by atoms with Crippen LogP contribution in [0.4, 0.5) is 5.69 Å². The van der Waals surface area contributed by atoms with Crippen molar-refractivity contribution in [2.45, 2.75) is 5.37 Å². The van der Waals surface area contributed by atoms with Crippen LogP contribution in [0.1, 0.15) is 16.5 Å². The van der Waals surface area contributed by atoms with E-state index in [1.165, 1.54) is 17.5 Å². The number of benzene rings is 3. The largest absolute Gasteiger partial charge is 0.291 e. The van der Waals surface area contributed by atoms with Crippen molar-refractivity contribution in [2.75, 3.05) is 0 Å². The van der Waals surface area contributed by atoms with Gasteiger partial charge in [0.2, 0.25) is 0 Å². The molecule has 0 unspecified atom stereocenters. The Bertz CT molecular complexity index is 949. The summed E-state index contributed by atoms with van der Waals surface area (Å²) in [5.41, 5.74) is 5.27. The second kappa shape index (κ2) is 5.98. The summed E-state index contributed by atoms with van der Waals surface area (Å²) in [7, 11) is 0. The average molecular weight is 335 g/mol. The molecule has 0 saturated carbocycles. The van der Waals surface area contributed by atoms with E-state index in [0.717, 1.165) is 21.6 Å². The standard InChI is InChI=1S/C18H13N3O2S/c22-21(23)14-10-8-13(9-11-14)17-19-20-18(24-17)16-7-3-5-12-4-1-2-6-15(12)16/h1-11,17,19H/t17-/m0/s1. The van der Waals surface area contributed by atoms with E-state index in [-0.39, 0.29) is 11.1 Å². The van der Waals surface area contributed by atoms with Crippen LogP contribution in [-0.4, -0.2) is 9.97 Å². The van der Waals surface area contributed by atoms with Crippen molar-refractivity contribution < 1.29 is 4.92 Å². The van der Waals surface area contributed by atoms with E-state index in [9.17, 15) is 10.1 Å².